The van der Waals surface area contributed by atoms with E-state index in [1.54, 1.807) is 53.6 Å². The molecular weight excluding hydrogens is 574 g/mol. The molecule has 1 aromatic heterocycles. The van der Waals surface area contributed by atoms with Gasteiger partial charge in [-0.15, -0.1) is 0 Å². The number of aliphatic imine (C=N–C) groups is 1. The van der Waals surface area contributed by atoms with Crippen molar-refractivity contribution >= 4 is 46.5 Å². The minimum Gasteiger partial charge on any atom is -0.369 e. The Morgan fingerprint density at radius 2 is 1.84 bits per heavy atom. The second-order valence-corrected chi connectivity index (χ2v) is 11.1. The Kier molecular flexibility index (Phi) is 7.68. The molecule has 3 N–H and O–H groups in total. The number of carbonyl (C=O) groups is 1. The normalized spacial score (nSPS) is 15.1. The molecule has 3 heterocycles. The second-order valence-electron chi connectivity index (χ2n) is 10.7. The molecule has 0 radical (unpaired) electrons. The van der Waals surface area contributed by atoms with Crippen LogP contribution in [-0.2, 0) is 6.42 Å². The summed E-state index contributed by atoms with van der Waals surface area (Å²) in [5.41, 5.74) is 9.47. The SMILES string of the molecule is CN(C)C1CN(C(N)=NC(=O)c2cccc(Nc3ncc4c(n3)-c3ccc(Cl)cc3N(c3c(F)cccc3F)CC4)c2)C1. The van der Waals surface area contributed by atoms with E-state index in [-0.39, 0.29) is 24.1 Å². The highest BCUT2D eigenvalue weighted by Crippen LogP contribution is 2.42. The summed E-state index contributed by atoms with van der Waals surface area (Å²) in [6.45, 7) is 1.72. The summed E-state index contributed by atoms with van der Waals surface area (Å²) >= 11 is 6.34. The molecule has 3 aromatic carbocycles. The first-order chi connectivity index (χ1) is 20.7. The number of aromatic nitrogens is 2. The van der Waals surface area contributed by atoms with Crippen molar-refractivity contribution in [2.24, 2.45) is 10.7 Å². The van der Waals surface area contributed by atoms with Crippen LogP contribution in [0, 0.1) is 11.6 Å². The lowest BCUT2D eigenvalue weighted by molar-refractivity contribution is 0.0989. The van der Waals surface area contributed by atoms with E-state index in [1.807, 2.05) is 19.0 Å². The van der Waals surface area contributed by atoms with Crippen molar-refractivity contribution in [3.8, 4) is 11.3 Å². The quantitative estimate of drug-likeness (QED) is 0.237. The van der Waals surface area contributed by atoms with Gasteiger partial charge < -0.3 is 25.8 Å². The zero-order valence-corrected chi connectivity index (χ0v) is 24.3. The average Bonchev–Trinajstić information content (AvgIpc) is 3.08. The van der Waals surface area contributed by atoms with Gasteiger partial charge in [-0.05, 0) is 74.6 Å². The highest BCUT2D eigenvalue weighted by Gasteiger charge is 2.30. The number of guanidine groups is 1. The lowest BCUT2D eigenvalue weighted by atomic mass is 10.0. The maximum atomic E-state index is 14.9. The Balaban J connectivity index is 1.27. The lowest BCUT2D eigenvalue weighted by Gasteiger charge is -2.43. The third-order valence-corrected chi connectivity index (χ3v) is 7.92. The fourth-order valence-electron chi connectivity index (χ4n) is 5.21. The molecule has 1 amide bonds. The highest BCUT2D eigenvalue weighted by atomic mass is 35.5. The molecule has 220 valence electrons. The number of nitrogens with zero attached hydrogens (tertiary/aromatic N) is 6. The predicted octanol–water partition coefficient (Wildman–Crippen LogP) is 5.21. The van der Waals surface area contributed by atoms with E-state index in [0.29, 0.717) is 45.7 Å². The number of amides is 1. The Morgan fingerprint density at radius 3 is 2.58 bits per heavy atom. The Hall–Kier alpha value is -4.61. The van der Waals surface area contributed by atoms with Crippen molar-refractivity contribution in [3.63, 3.8) is 0 Å². The number of hydrogen-bond acceptors (Lipinski definition) is 6. The number of benzene rings is 3. The van der Waals surface area contributed by atoms with E-state index in [9.17, 15) is 13.6 Å². The summed E-state index contributed by atoms with van der Waals surface area (Å²) < 4.78 is 29.7. The Morgan fingerprint density at radius 1 is 1.09 bits per heavy atom. The fraction of sp³-hybridized carbons (Fsp3) is 0.226. The summed E-state index contributed by atoms with van der Waals surface area (Å²) in [4.78, 5) is 31.8. The number of nitrogens with two attached hydrogens (primary N) is 1. The standard InChI is InChI=1S/C31H29ClF2N8O/c1-40(2)22-16-41(17-22)30(35)39-29(43)18-5-3-6-21(13-18)37-31-36-15-19-11-12-42(28-24(33)7-4-8-25(28)34)26-14-20(32)9-10-23(26)27(19)38-31/h3-10,13-15,22H,11-12,16-17H2,1-2H3,(H2,35,39,43)(H,36,37,38). The summed E-state index contributed by atoms with van der Waals surface area (Å²) in [7, 11) is 4.01. The van der Waals surface area contributed by atoms with E-state index in [4.69, 9.17) is 22.3 Å². The molecule has 12 heteroatoms. The van der Waals surface area contributed by atoms with Crippen molar-refractivity contribution in [2.75, 3.05) is 43.9 Å². The number of likely N-dealkylation sites (tertiary alicyclic amines) is 1. The van der Waals surface area contributed by atoms with E-state index in [1.165, 1.54) is 18.2 Å². The number of anilines is 4. The zero-order valence-electron chi connectivity index (χ0n) is 23.6. The number of hydrogen-bond donors (Lipinski definition) is 2. The Labute approximate surface area is 252 Å². The molecule has 0 unspecified atom stereocenters. The van der Waals surface area contributed by atoms with Crippen LogP contribution in [0.5, 0.6) is 0 Å². The lowest BCUT2D eigenvalue weighted by Crippen LogP contribution is -2.61. The first-order valence-corrected chi connectivity index (χ1v) is 14.1. The molecule has 6 rings (SSSR count). The largest absolute Gasteiger partial charge is 0.369 e. The molecule has 4 aromatic rings. The van der Waals surface area contributed by atoms with Gasteiger partial charge in [0.2, 0.25) is 5.95 Å². The van der Waals surface area contributed by atoms with Gasteiger partial charge in [-0.3, -0.25) is 4.79 Å². The number of fused-ring (bicyclic) bond motifs is 3. The van der Waals surface area contributed by atoms with Gasteiger partial charge in [0.1, 0.15) is 17.3 Å². The predicted molar refractivity (Wildman–Crippen MR) is 164 cm³/mol. The van der Waals surface area contributed by atoms with Crippen LogP contribution < -0.4 is 16.0 Å². The van der Waals surface area contributed by atoms with Gasteiger partial charge in [-0.2, -0.15) is 4.99 Å². The van der Waals surface area contributed by atoms with Crippen molar-refractivity contribution in [2.45, 2.75) is 12.5 Å². The fourth-order valence-corrected chi connectivity index (χ4v) is 5.38. The molecule has 0 bridgehead atoms. The summed E-state index contributed by atoms with van der Waals surface area (Å²) in [5.74, 6) is -1.32. The van der Waals surface area contributed by atoms with Crippen LogP contribution in [0.25, 0.3) is 11.3 Å². The van der Waals surface area contributed by atoms with Crippen LogP contribution >= 0.6 is 11.6 Å². The first kappa shape index (κ1) is 28.5. The van der Waals surface area contributed by atoms with Crippen molar-refractivity contribution in [3.05, 3.63) is 94.6 Å². The van der Waals surface area contributed by atoms with Crippen LogP contribution in [-0.4, -0.2) is 71.4 Å². The number of para-hydroxylation sites is 1. The molecule has 2 aliphatic rings. The average molecular weight is 603 g/mol. The molecule has 43 heavy (non-hydrogen) atoms. The van der Waals surface area contributed by atoms with E-state index >= 15 is 0 Å². The van der Waals surface area contributed by atoms with Gasteiger partial charge in [0.15, 0.2) is 5.96 Å². The molecule has 1 fully saturated rings. The number of carbonyl (C=O) groups excluding carboxylic acids is 1. The van der Waals surface area contributed by atoms with Gasteiger partial charge in [-0.25, -0.2) is 18.7 Å². The van der Waals surface area contributed by atoms with Crippen LogP contribution in [0.4, 0.5) is 31.8 Å². The third-order valence-electron chi connectivity index (χ3n) is 7.68. The van der Waals surface area contributed by atoms with E-state index in [2.05, 4.69) is 20.2 Å². The topological polar surface area (TPSA) is 103 Å². The van der Waals surface area contributed by atoms with E-state index < -0.39 is 17.5 Å². The van der Waals surface area contributed by atoms with Crippen molar-refractivity contribution in [1.82, 2.24) is 19.8 Å². The third kappa shape index (κ3) is 5.73. The Bertz CT molecular complexity index is 1720. The number of halogens is 3. The molecule has 0 spiro atoms. The summed E-state index contributed by atoms with van der Waals surface area (Å²) in [6, 6.07) is 16.2. The molecule has 0 saturated carbocycles. The molecule has 0 aliphatic carbocycles. The van der Waals surface area contributed by atoms with Gasteiger partial charge in [0.25, 0.3) is 5.91 Å². The van der Waals surface area contributed by atoms with Crippen LogP contribution in [0.3, 0.4) is 0 Å². The van der Waals surface area contributed by atoms with Crippen molar-refractivity contribution < 1.29 is 13.6 Å². The first-order valence-electron chi connectivity index (χ1n) is 13.7. The van der Waals surface area contributed by atoms with Gasteiger partial charge in [0.05, 0.1) is 11.4 Å². The molecule has 2 aliphatic heterocycles. The smallest absolute Gasteiger partial charge is 0.280 e. The number of nitrogens with one attached hydrogen (secondary N) is 1. The van der Waals surface area contributed by atoms with Crippen LogP contribution in [0.2, 0.25) is 5.02 Å². The van der Waals surface area contributed by atoms with Crippen LogP contribution in [0.15, 0.2) is 71.9 Å². The van der Waals surface area contributed by atoms with Crippen molar-refractivity contribution in [1.29, 1.82) is 0 Å². The zero-order chi connectivity index (χ0) is 30.2. The van der Waals surface area contributed by atoms with Gasteiger partial charge in [0, 0.05) is 53.7 Å². The number of likely N-dealkylation sites (N-methyl/N-ethyl adjacent to an activating group) is 1. The summed E-state index contributed by atoms with van der Waals surface area (Å²) in [6.07, 6.45) is 2.13. The monoisotopic (exact) mass is 602 g/mol. The highest BCUT2D eigenvalue weighted by molar-refractivity contribution is 6.31. The van der Waals surface area contributed by atoms with E-state index in [0.717, 1.165) is 18.7 Å². The van der Waals surface area contributed by atoms with Crippen LogP contribution in [0.1, 0.15) is 15.9 Å². The molecule has 0 atom stereocenters. The molecule has 9 nitrogen and oxygen atoms in total. The van der Waals surface area contributed by atoms with Gasteiger partial charge in [-0.1, -0.05) is 23.7 Å². The van der Waals surface area contributed by atoms with Gasteiger partial charge >= 0.3 is 0 Å². The maximum Gasteiger partial charge on any atom is 0.280 e. The molecule has 1 saturated heterocycles. The maximum absolute atomic E-state index is 14.9. The minimum absolute atomic E-state index is 0.151. The minimum atomic E-state index is -0.673. The number of rotatable bonds is 5. The summed E-state index contributed by atoms with van der Waals surface area (Å²) in [5, 5.41) is 3.58. The second kappa shape index (κ2) is 11.6. The molecular formula is C31H29ClF2N8O.